The molecule has 2 fully saturated rings. The monoisotopic (exact) mass is 336 g/mol. The summed E-state index contributed by atoms with van der Waals surface area (Å²) in [6.45, 7) is 3.21. The van der Waals surface area contributed by atoms with Gasteiger partial charge in [-0.1, -0.05) is 11.6 Å². The summed E-state index contributed by atoms with van der Waals surface area (Å²) >= 11 is 5.83. The van der Waals surface area contributed by atoms with Crippen molar-refractivity contribution in [1.82, 2.24) is 9.80 Å². The molecule has 2 aliphatic rings. The maximum absolute atomic E-state index is 12.2. The third-order valence-corrected chi connectivity index (χ3v) is 4.95. The van der Waals surface area contributed by atoms with Crippen molar-refractivity contribution >= 4 is 29.2 Å². The van der Waals surface area contributed by atoms with E-state index in [1.54, 1.807) is 29.2 Å². The number of carbonyl (C=O) groups is 2. The van der Waals surface area contributed by atoms with E-state index in [1.807, 2.05) is 0 Å². The first-order valence-corrected chi connectivity index (χ1v) is 8.25. The molecule has 0 radical (unpaired) electrons. The molecule has 2 aliphatic heterocycles. The highest BCUT2D eigenvalue weighted by atomic mass is 35.5. The average molecular weight is 337 g/mol. The summed E-state index contributed by atoms with van der Waals surface area (Å²) in [4.78, 5) is 27.5. The minimum absolute atomic E-state index is 0.00985. The van der Waals surface area contributed by atoms with Crippen molar-refractivity contribution in [3.8, 4) is 0 Å². The molecule has 3 rings (SSSR count). The van der Waals surface area contributed by atoms with Crippen LogP contribution in [-0.4, -0.2) is 54.0 Å². The van der Waals surface area contributed by atoms with Crippen LogP contribution in [-0.2, 0) is 4.79 Å². The van der Waals surface area contributed by atoms with E-state index in [0.29, 0.717) is 11.1 Å². The van der Waals surface area contributed by atoms with Crippen molar-refractivity contribution in [1.29, 1.82) is 0 Å². The Morgan fingerprint density at radius 3 is 2.30 bits per heavy atom. The number of hydrogen-bond acceptors (Lipinski definition) is 3. The molecule has 0 bridgehead atoms. The van der Waals surface area contributed by atoms with Crippen LogP contribution in [0.5, 0.6) is 0 Å². The summed E-state index contributed by atoms with van der Waals surface area (Å²) in [5.41, 5.74) is 6.09. The minimum atomic E-state index is -0.192. The Balaban J connectivity index is 1.43. The highest BCUT2D eigenvalue weighted by Crippen LogP contribution is 2.24. The molecule has 1 aromatic rings. The molecule has 0 saturated carbocycles. The third-order valence-electron chi connectivity index (χ3n) is 4.69. The van der Waals surface area contributed by atoms with Crippen molar-refractivity contribution in [2.24, 2.45) is 11.7 Å². The van der Waals surface area contributed by atoms with Gasteiger partial charge in [0.25, 0.3) is 0 Å². The van der Waals surface area contributed by atoms with Crippen LogP contribution in [0.15, 0.2) is 24.3 Å². The molecule has 3 N–H and O–H groups in total. The van der Waals surface area contributed by atoms with Crippen LogP contribution in [0.25, 0.3) is 0 Å². The smallest absolute Gasteiger partial charge is 0.321 e. The number of amides is 3. The van der Waals surface area contributed by atoms with E-state index in [9.17, 15) is 9.59 Å². The van der Waals surface area contributed by atoms with Gasteiger partial charge in [0, 0.05) is 35.8 Å². The first-order valence-electron chi connectivity index (χ1n) is 7.88. The third kappa shape index (κ3) is 3.76. The van der Waals surface area contributed by atoms with E-state index >= 15 is 0 Å². The first kappa shape index (κ1) is 16.1. The van der Waals surface area contributed by atoms with Gasteiger partial charge in [0.15, 0.2) is 0 Å². The van der Waals surface area contributed by atoms with Gasteiger partial charge in [0.1, 0.15) is 0 Å². The van der Waals surface area contributed by atoms with Crippen LogP contribution in [0.2, 0.25) is 5.02 Å². The lowest BCUT2D eigenvalue weighted by Gasteiger charge is -2.47. The number of nitrogens with one attached hydrogen (secondary N) is 1. The summed E-state index contributed by atoms with van der Waals surface area (Å²) < 4.78 is 0. The second-order valence-corrected chi connectivity index (χ2v) is 6.64. The zero-order valence-corrected chi connectivity index (χ0v) is 13.6. The number of anilines is 1. The summed E-state index contributed by atoms with van der Waals surface area (Å²) in [6.07, 6.45) is 1.64. The molecule has 0 aromatic heterocycles. The van der Waals surface area contributed by atoms with Crippen LogP contribution in [0.1, 0.15) is 12.8 Å². The van der Waals surface area contributed by atoms with Gasteiger partial charge in [0.2, 0.25) is 5.91 Å². The molecule has 3 amide bonds. The molecular weight excluding hydrogens is 316 g/mol. The lowest BCUT2D eigenvalue weighted by atomic mass is 9.94. The highest BCUT2D eigenvalue weighted by Gasteiger charge is 2.37. The summed E-state index contributed by atoms with van der Waals surface area (Å²) in [6, 6.07) is 7.37. The van der Waals surface area contributed by atoms with E-state index in [0.717, 1.165) is 44.7 Å². The van der Waals surface area contributed by atoms with E-state index < -0.39 is 0 Å². The lowest BCUT2D eigenvalue weighted by molar-refractivity contribution is -0.123. The lowest BCUT2D eigenvalue weighted by Crippen LogP contribution is -2.63. The normalized spacial score (nSPS) is 20.1. The van der Waals surface area contributed by atoms with E-state index in [1.165, 1.54) is 0 Å². The van der Waals surface area contributed by atoms with E-state index in [-0.39, 0.29) is 17.9 Å². The Labute approximate surface area is 140 Å². The van der Waals surface area contributed by atoms with Crippen LogP contribution in [0.3, 0.4) is 0 Å². The van der Waals surface area contributed by atoms with E-state index in [2.05, 4.69) is 10.2 Å². The average Bonchev–Trinajstić information content (AvgIpc) is 2.48. The van der Waals surface area contributed by atoms with E-state index in [4.69, 9.17) is 17.3 Å². The van der Waals surface area contributed by atoms with Gasteiger partial charge in [0.05, 0.1) is 0 Å². The Kier molecular flexibility index (Phi) is 4.73. The molecule has 0 spiro atoms. The van der Waals surface area contributed by atoms with Crippen molar-refractivity contribution in [3.63, 3.8) is 0 Å². The SMILES string of the molecule is NC(=O)C1CCN(C2CN(C(=O)Nc3ccc(Cl)cc3)C2)CC1. The number of likely N-dealkylation sites (tertiary alicyclic amines) is 2. The number of nitrogens with zero attached hydrogens (tertiary/aromatic N) is 2. The first-order chi connectivity index (χ1) is 11.0. The molecule has 124 valence electrons. The molecule has 0 atom stereocenters. The molecular formula is C16H21ClN4O2. The van der Waals surface area contributed by atoms with Gasteiger partial charge < -0.3 is 16.0 Å². The largest absolute Gasteiger partial charge is 0.369 e. The molecule has 7 heteroatoms. The number of benzene rings is 1. The van der Waals surface area contributed by atoms with Gasteiger partial charge >= 0.3 is 6.03 Å². The molecule has 1 aromatic carbocycles. The predicted molar refractivity (Wildman–Crippen MR) is 89.3 cm³/mol. The van der Waals surface area contributed by atoms with Gasteiger partial charge in [-0.2, -0.15) is 0 Å². The van der Waals surface area contributed by atoms with Gasteiger partial charge in [-0.3, -0.25) is 9.69 Å². The van der Waals surface area contributed by atoms with Gasteiger partial charge in [-0.15, -0.1) is 0 Å². The van der Waals surface area contributed by atoms with Crippen LogP contribution in [0, 0.1) is 5.92 Å². The number of urea groups is 1. The van der Waals surface area contributed by atoms with Crippen molar-refractivity contribution in [2.45, 2.75) is 18.9 Å². The minimum Gasteiger partial charge on any atom is -0.369 e. The number of hydrogen-bond donors (Lipinski definition) is 2. The zero-order chi connectivity index (χ0) is 16.4. The Morgan fingerprint density at radius 2 is 1.74 bits per heavy atom. The molecule has 2 saturated heterocycles. The Morgan fingerprint density at radius 1 is 1.13 bits per heavy atom. The van der Waals surface area contributed by atoms with Crippen LogP contribution >= 0.6 is 11.6 Å². The maximum Gasteiger partial charge on any atom is 0.321 e. The zero-order valence-electron chi connectivity index (χ0n) is 12.9. The predicted octanol–water partition coefficient (Wildman–Crippen LogP) is 1.75. The second-order valence-electron chi connectivity index (χ2n) is 6.21. The molecule has 2 heterocycles. The number of nitrogens with two attached hydrogens (primary N) is 1. The van der Waals surface area contributed by atoms with Crippen molar-refractivity contribution in [2.75, 3.05) is 31.5 Å². The number of primary amides is 1. The number of halogens is 1. The summed E-state index contributed by atoms with van der Waals surface area (Å²) in [7, 11) is 0. The maximum atomic E-state index is 12.2. The standard InChI is InChI=1S/C16H21ClN4O2/c17-12-1-3-13(4-2-12)19-16(23)21-9-14(10-21)20-7-5-11(6-8-20)15(18)22/h1-4,11,14H,5-10H2,(H2,18,22)(H,19,23). The highest BCUT2D eigenvalue weighted by molar-refractivity contribution is 6.30. The molecule has 0 aliphatic carbocycles. The van der Waals surface area contributed by atoms with Crippen LogP contribution < -0.4 is 11.1 Å². The van der Waals surface area contributed by atoms with Crippen molar-refractivity contribution in [3.05, 3.63) is 29.3 Å². The number of carbonyl (C=O) groups excluding carboxylic acids is 2. The van der Waals surface area contributed by atoms with Gasteiger partial charge in [-0.05, 0) is 50.2 Å². The Hall–Kier alpha value is -1.79. The summed E-state index contributed by atoms with van der Waals surface area (Å²) in [5, 5.41) is 3.51. The molecule has 6 nitrogen and oxygen atoms in total. The topological polar surface area (TPSA) is 78.7 Å². The fourth-order valence-corrected chi connectivity index (χ4v) is 3.26. The molecule has 0 unspecified atom stereocenters. The van der Waals surface area contributed by atoms with Crippen molar-refractivity contribution < 1.29 is 9.59 Å². The molecule has 23 heavy (non-hydrogen) atoms. The van der Waals surface area contributed by atoms with Crippen LogP contribution in [0.4, 0.5) is 10.5 Å². The quantitative estimate of drug-likeness (QED) is 0.882. The fraction of sp³-hybridized carbons (Fsp3) is 0.500. The Bertz CT molecular complexity index is 578. The number of piperidine rings is 1. The van der Waals surface area contributed by atoms with Gasteiger partial charge in [-0.25, -0.2) is 4.79 Å². The fourth-order valence-electron chi connectivity index (χ4n) is 3.14. The second kappa shape index (κ2) is 6.76. The number of rotatable bonds is 3. The summed E-state index contributed by atoms with van der Waals surface area (Å²) in [5.74, 6) is -0.183.